The van der Waals surface area contributed by atoms with Crippen LogP contribution in [0.25, 0.3) is 5.69 Å². The predicted molar refractivity (Wildman–Crippen MR) is 68.6 cm³/mol. The van der Waals surface area contributed by atoms with Gasteiger partial charge in [0.05, 0.1) is 6.54 Å². The lowest BCUT2D eigenvalue weighted by Gasteiger charge is -2.09. The van der Waals surface area contributed by atoms with Crippen molar-refractivity contribution in [1.29, 1.82) is 0 Å². The highest BCUT2D eigenvalue weighted by Crippen LogP contribution is 2.21. The molecule has 0 radical (unpaired) electrons. The molecule has 0 spiro atoms. The van der Waals surface area contributed by atoms with Crippen LogP contribution in [0.2, 0.25) is 0 Å². The molecular formula is C14H15FN2O. The molecule has 3 nitrogen and oxygen atoms in total. The molecule has 0 saturated carbocycles. The smallest absolute Gasteiger partial charge is 0.178 e. The van der Waals surface area contributed by atoms with E-state index in [1.807, 2.05) is 24.5 Å². The summed E-state index contributed by atoms with van der Waals surface area (Å²) < 4.78 is 14.8. The van der Waals surface area contributed by atoms with Gasteiger partial charge in [-0.2, -0.15) is 0 Å². The molecule has 0 unspecified atom stereocenters. The van der Waals surface area contributed by atoms with E-state index in [2.05, 4.69) is 0 Å². The first-order valence-electron chi connectivity index (χ1n) is 5.72. The van der Waals surface area contributed by atoms with Crippen molar-refractivity contribution in [2.45, 2.75) is 13.8 Å². The van der Waals surface area contributed by atoms with Crippen LogP contribution in [0.1, 0.15) is 21.7 Å². The van der Waals surface area contributed by atoms with Gasteiger partial charge in [0.1, 0.15) is 5.82 Å². The molecule has 0 atom stereocenters. The normalized spacial score (nSPS) is 10.7. The fraction of sp³-hybridized carbons (Fsp3) is 0.214. The van der Waals surface area contributed by atoms with Gasteiger partial charge >= 0.3 is 0 Å². The molecule has 0 aliphatic carbocycles. The Morgan fingerprint density at radius 2 is 1.89 bits per heavy atom. The standard InChI is InChI=1S/C14H15FN2O/c1-9-7-13(14(18)8-16)10(2)17(9)12-5-3-11(15)4-6-12/h3-7H,8,16H2,1-2H3. The highest BCUT2D eigenvalue weighted by atomic mass is 19.1. The van der Waals surface area contributed by atoms with Crippen LogP contribution in [-0.4, -0.2) is 16.9 Å². The van der Waals surface area contributed by atoms with Crippen molar-refractivity contribution in [3.63, 3.8) is 0 Å². The third kappa shape index (κ3) is 2.07. The summed E-state index contributed by atoms with van der Waals surface area (Å²) in [7, 11) is 0. The third-order valence-electron chi connectivity index (χ3n) is 3.00. The largest absolute Gasteiger partial charge is 0.324 e. The topological polar surface area (TPSA) is 48.0 Å². The summed E-state index contributed by atoms with van der Waals surface area (Å²) in [6.45, 7) is 3.76. The average molecular weight is 246 g/mol. The zero-order valence-corrected chi connectivity index (χ0v) is 10.4. The molecule has 0 saturated heterocycles. The molecule has 4 heteroatoms. The van der Waals surface area contributed by atoms with E-state index >= 15 is 0 Å². The molecule has 94 valence electrons. The number of aryl methyl sites for hydroxylation is 1. The van der Waals surface area contributed by atoms with Crippen molar-refractivity contribution >= 4 is 5.78 Å². The summed E-state index contributed by atoms with van der Waals surface area (Å²) in [5.41, 5.74) is 8.60. The molecule has 1 aromatic heterocycles. The van der Waals surface area contributed by atoms with Crippen LogP contribution >= 0.6 is 0 Å². The zero-order chi connectivity index (χ0) is 13.3. The van der Waals surface area contributed by atoms with E-state index in [-0.39, 0.29) is 18.1 Å². The van der Waals surface area contributed by atoms with Crippen LogP contribution < -0.4 is 5.73 Å². The predicted octanol–water partition coefficient (Wildman–Crippen LogP) is 2.37. The van der Waals surface area contributed by atoms with Crippen LogP contribution in [0.4, 0.5) is 4.39 Å². The molecule has 0 amide bonds. The van der Waals surface area contributed by atoms with E-state index in [0.29, 0.717) is 5.56 Å². The molecule has 2 aromatic rings. The summed E-state index contributed by atoms with van der Waals surface area (Å²) in [5, 5.41) is 0. The van der Waals surface area contributed by atoms with Crippen LogP contribution in [0.5, 0.6) is 0 Å². The third-order valence-corrected chi connectivity index (χ3v) is 3.00. The maximum Gasteiger partial charge on any atom is 0.178 e. The van der Waals surface area contributed by atoms with Gasteiger partial charge < -0.3 is 10.3 Å². The molecule has 0 bridgehead atoms. The first-order valence-corrected chi connectivity index (χ1v) is 5.72. The van der Waals surface area contributed by atoms with Gasteiger partial charge in [0.15, 0.2) is 5.78 Å². The number of carbonyl (C=O) groups excluding carboxylic acids is 1. The van der Waals surface area contributed by atoms with Crippen molar-refractivity contribution in [1.82, 2.24) is 4.57 Å². The van der Waals surface area contributed by atoms with E-state index in [0.717, 1.165) is 17.1 Å². The average Bonchev–Trinajstić information content (AvgIpc) is 2.65. The van der Waals surface area contributed by atoms with Crippen molar-refractivity contribution < 1.29 is 9.18 Å². The monoisotopic (exact) mass is 246 g/mol. The Bertz CT molecular complexity index is 585. The van der Waals surface area contributed by atoms with Gasteiger partial charge in [-0.15, -0.1) is 0 Å². The second-order valence-electron chi connectivity index (χ2n) is 4.22. The molecule has 2 N–H and O–H groups in total. The molecule has 18 heavy (non-hydrogen) atoms. The first-order chi connectivity index (χ1) is 8.54. The fourth-order valence-electron chi connectivity index (χ4n) is 2.14. The van der Waals surface area contributed by atoms with Gasteiger partial charge in [-0.25, -0.2) is 4.39 Å². The molecule has 0 fully saturated rings. The Hall–Kier alpha value is -1.94. The Labute approximate surface area is 105 Å². The summed E-state index contributed by atoms with van der Waals surface area (Å²) in [5.74, 6) is -0.365. The molecule has 1 aromatic carbocycles. The van der Waals surface area contributed by atoms with E-state index in [1.165, 1.54) is 12.1 Å². The van der Waals surface area contributed by atoms with Crippen molar-refractivity contribution in [3.8, 4) is 5.69 Å². The highest BCUT2D eigenvalue weighted by Gasteiger charge is 2.15. The number of ketones is 1. The van der Waals surface area contributed by atoms with Crippen LogP contribution in [0.15, 0.2) is 30.3 Å². The summed E-state index contributed by atoms with van der Waals surface area (Å²) in [6, 6.07) is 7.99. The Kier molecular flexibility index (Phi) is 3.30. The lowest BCUT2D eigenvalue weighted by Crippen LogP contribution is -2.14. The number of hydrogen-bond donors (Lipinski definition) is 1. The van der Waals surface area contributed by atoms with E-state index in [4.69, 9.17) is 5.73 Å². The van der Waals surface area contributed by atoms with Gasteiger partial charge in [-0.1, -0.05) is 0 Å². The van der Waals surface area contributed by atoms with Gasteiger partial charge in [0.2, 0.25) is 0 Å². The van der Waals surface area contributed by atoms with Gasteiger partial charge in [-0.3, -0.25) is 4.79 Å². The number of hydrogen-bond acceptors (Lipinski definition) is 2. The summed E-state index contributed by atoms with van der Waals surface area (Å²) in [4.78, 5) is 11.7. The number of nitrogens with two attached hydrogens (primary N) is 1. The van der Waals surface area contributed by atoms with Crippen LogP contribution in [0, 0.1) is 19.7 Å². The maximum atomic E-state index is 12.9. The maximum absolute atomic E-state index is 12.9. The first kappa shape index (κ1) is 12.5. The van der Waals surface area contributed by atoms with Crippen molar-refractivity contribution in [3.05, 3.63) is 53.1 Å². The minimum absolute atomic E-state index is 0.00624. The number of carbonyl (C=O) groups is 1. The van der Waals surface area contributed by atoms with E-state index in [9.17, 15) is 9.18 Å². The van der Waals surface area contributed by atoms with Crippen molar-refractivity contribution in [2.75, 3.05) is 6.54 Å². The molecule has 1 heterocycles. The number of rotatable bonds is 3. The highest BCUT2D eigenvalue weighted by molar-refractivity contribution is 5.99. The SMILES string of the molecule is Cc1cc(C(=O)CN)c(C)n1-c1ccc(F)cc1. The lowest BCUT2D eigenvalue weighted by atomic mass is 10.1. The fourth-order valence-corrected chi connectivity index (χ4v) is 2.14. The van der Waals surface area contributed by atoms with E-state index < -0.39 is 0 Å². The molecule has 2 rings (SSSR count). The minimum atomic E-state index is -0.278. The number of benzene rings is 1. The lowest BCUT2D eigenvalue weighted by molar-refractivity contribution is 0.100. The second-order valence-corrected chi connectivity index (χ2v) is 4.22. The summed E-state index contributed by atoms with van der Waals surface area (Å²) >= 11 is 0. The number of Topliss-reactive ketones (excluding diaryl/α,β-unsaturated/α-hetero) is 1. The molecule has 0 aliphatic rings. The Morgan fingerprint density at radius 1 is 1.28 bits per heavy atom. The van der Waals surface area contributed by atoms with Gasteiger partial charge in [0, 0.05) is 22.6 Å². The molecular weight excluding hydrogens is 231 g/mol. The van der Waals surface area contributed by atoms with Crippen LogP contribution in [0.3, 0.4) is 0 Å². The minimum Gasteiger partial charge on any atom is -0.324 e. The van der Waals surface area contributed by atoms with E-state index in [1.54, 1.807) is 12.1 Å². The van der Waals surface area contributed by atoms with Crippen LogP contribution in [-0.2, 0) is 0 Å². The summed E-state index contributed by atoms with van der Waals surface area (Å²) in [6.07, 6.45) is 0. The van der Waals surface area contributed by atoms with Gasteiger partial charge in [0.25, 0.3) is 0 Å². The quantitative estimate of drug-likeness (QED) is 0.845. The zero-order valence-electron chi connectivity index (χ0n) is 10.4. The second kappa shape index (κ2) is 4.74. The van der Waals surface area contributed by atoms with Crippen molar-refractivity contribution in [2.24, 2.45) is 5.73 Å². The Morgan fingerprint density at radius 3 is 2.44 bits per heavy atom. The van der Waals surface area contributed by atoms with Gasteiger partial charge in [-0.05, 0) is 44.2 Å². The molecule has 0 aliphatic heterocycles. The number of aromatic nitrogens is 1. The number of halogens is 1. The number of nitrogens with zero attached hydrogens (tertiary/aromatic N) is 1. The Balaban J connectivity index is 2.55.